The maximum atomic E-state index is 12.4. The molecule has 0 unspecified atom stereocenters. The minimum atomic E-state index is -0.594. The Balaban J connectivity index is 0.00000155. The summed E-state index contributed by atoms with van der Waals surface area (Å²) in [5, 5.41) is 7.57. The van der Waals surface area contributed by atoms with Gasteiger partial charge in [-0.2, -0.15) is 0 Å². The van der Waals surface area contributed by atoms with Gasteiger partial charge in [-0.1, -0.05) is 19.9 Å². The molecule has 0 radical (unpaired) electrons. The quantitative estimate of drug-likeness (QED) is 0.572. The minimum absolute atomic E-state index is 0.521. The molecule has 0 fully saturated rings. The smallest absolute Gasteiger partial charge is 0.412 e. The second kappa shape index (κ2) is 9.91. The van der Waals surface area contributed by atoms with Crippen molar-refractivity contribution in [2.45, 2.75) is 40.2 Å². The lowest BCUT2D eigenvalue weighted by atomic mass is 10.0. The number of hydrogen-bond acceptors (Lipinski definition) is 6. The third-order valence-corrected chi connectivity index (χ3v) is 3.97. The molecule has 0 aliphatic carbocycles. The maximum Gasteiger partial charge on any atom is 0.412 e. The van der Waals surface area contributed by atoms with E-state index < -0.39 is 11.7 Å². The van der Waals surface area contributed by atoms with Crippen LogP contribution in [0.25, 0.3) is 22.0 Å². The normalized spacial score (nSPS) is 10.6. The summed E-state index contributed by atoms with van der Waals surface area (Å²) in [5.41, 5.74) is 1.61. The molecule has 2 aromatic carbocycles. The van der Waals surface area contributed by atoms with Crippen molar-refractivity contribution >= 4 is 28.5 Å². The summed E-state index contributed by atoms with van der Waals surface area (Å²) >= 11 is 0. The van der Waals surface area contributed by atoms with Crippen LogP contribution >= 0.6 is 0 Å². The molecule has 7 nitrogen and oxygen atoms in total. The Morgan fingerprint density at radius 3 is 2.43 bits per heavy atom. The monoisotopic (exact) mass is 410 g/mol. The highest BCUT2D eigenvalue weighted by Crippen LogP contribution is 2.33. The van der Waals surface area contributed by atoms with E-state index in [2.05, 4.69) is 20.6 Å². The van der Waals surface area contributed by atoms with E-state index in [1.807, 2.05) is 71.0 Å². The van der Waals surface area contributed by atoms with Gasteiger partial charge >= 0.3 is 6.09 Å². The number of methoxy groups -OCH3 is 1. The van der Waals surface area contributed by atoms with Crippen LogP contribution in [-0.4, -0.2) is 35.8 Å². The number of amides is 1. The molecule has 160 valence electrons. The number of hydrogen-bond donors (Lipinski definition) is 2. The van der Waals surface area contributed by atoms with Crippen LogP contribution in [0, 0.1) is 0 Å². The molecule has 1 heterocycles. The highest BCUT2D eigenvalue weighted by Gasteiger charge is 2.18. The Kier molecular flexibility index (Phi) is 7.58. The summed E-state index contributed by atoms with van der Waals surface area (Å²) in [7, 11) is 3.37. The largest absolute Gasteiger partial charge is 0.497 e. The minimum Gasteiger partial charge on any atom is -0.497 e. The van der Waals surface area contributed by atoms with Crippen LogP contribution in [0.1, 0.15) is 34.6 Å². The van der Waals surface area contributed by atoms with Gasteiger partial charge in [0.05, 0.1) is 18.5 Å². The van der Waals surface area contributed by atoms with E-state index >= 15 is 0 Å². The molecule has 0 aliphatic heterocycles. The Labute approximate surface area is 177 Å². The number of rotatable bonds is 4. The standard InChI is InChI=1S/C21H24N4O3.C2H6/c1-21(2,3)28-20(26)25-18-11-14(17-8-9-23-19(22-4)24-17)10-13-6-7-15(27-5)12-16(13)18;1-2/h6-12H,1-5H3,(H,25,26)(H,22,23,24);1-2H3. The third kappa shape index (κ3) is 5.83. The first kappa shape index (κ1) is 22.9. The van der Waals surface area contributed by atoms with Crippen molar-refractivity contribution in [3.05, 3.63) is 42.6 Å². The van der Waals surface area contributed by atoms with Gasteiger partial charge in [0, 0.05) is 24.2 Å². The zero-order valence-electron chi connectivity index (χ0n) is 18.7. The average Bonchev–Trinajstić information content (AvgIpc) is 2.73. The first-order chi connectivity index (χ1) is 14.3. The molecule has 0 saturated carbocycles. The summed E-state index contributed by atoms with van der Waals surface area (Å²) in [5.74, 6) is 1.22. The van der Waals surface area contributed by atoms with Crippen LogP contribution in [-0.2, 0) is 4.74 Å². The molecule has 0 atom stereocenters. The first-order valence-electron chi connectivity index (χ1n) is 9.92. The van der Waals surface area contributed by atoms with E-state index in [9.17, 15) is 4.79 Å². The third-order valence-electron chi connectivity index (χ3n) is 3.97. The van der Waals surface area contributed by atoms with Gasteiger partial charge in [0.2, 0.25) is 5.95 Å². The van der Waals surface area contributed by atoms with E-state index in [4.69, 9.17) is 9.47 Å². The number of nitrogens with one attached hydrogen (secondary N) is 2. The van der Waals surface area contributed by atoms with E-state index in [1.165, 1.54) is 0 Å². The second-order valence-electron chi connectivity index (χ2n) is 7.25. The van der Waals surface area contributed by atoms with Crippen molar-refractivity contribution < 1.29 is 14.3 Å². The van der Waals surface area contributed by atoms with Gasteiger partial charge in [-0.15, -0.1) is 0 Å². The fourth-order valence-electron chi connectivity index (χ4n) is 2.77. The van der Waals surface area contributed by atoms with Gasteiger partial charge in [-0.25, -0.2) is 14.8 Å². The maximum absolute atomic E-state index is 12.4. The van der Waals surface area contributed by atoms with Crippen LogP contribution in [0.5, 0.6) is 5.75 Å². The topological polar surface area (TPSA) is 85.4 Å². The first-order valence-corrected chi connectivity index (χ1v) is 9.92. The number of carbonyl (C=O) groups excluding carboxylic acids is 1. The molecule has 1 aromatic heterocycles. The van der Waals surface area contributed by atoms with E-state index in [-0.39, 0.29) is 0 Å². The number of fused-ring (bicyclic) bond motifs is 1. The molecular formula is C23H30N4O3. The number of ether oxygens (including phenoxy) is 2. The molecule has 0 bridgehead atoms. The van der Waals surface area contributed by atoms with Crippen molar-refractivity contribution in [1.29, 1.82) is 0 Å². The average molecular weight is 411 g/mol. The number of aromatic nitrogens is 2. The molecule has 3 aromatic rings. The van der Waals surface area contributed by atoms with Gasteiger partial charge in [-0.3, -0.25) is 5.32 Å². The van der Waals surface area contributed by atoms with E-state index in [0.29, 0.717) is 17.4 Å². The fourth-order valence-corrected chi connectivity index (χ4v) is 2.77. The lowest BCUT2D eigenvalue weighted by Crippen LogP contribution is -2.27. The fraction of sp³-hybridized carbons (Fsp3) is 0.348. The molecule has 30 heavy (non-hydrogen) atoms. The lowest BCUT2D eigenvalue weighted by Gasteiger charge is -2.20. The predicted octanol–water partition coefficient (Wildman–Crippen LogP) is 5.72. The molecular weight excluding hydrogens is 380 g/mol. The van der Waals surface area contributed by atoms with Crippen LogP contribution in [0.4, 0.5) is 16.4 Å². The van der Waals surface area contributed by atoms with Crippen LogP contribution < -0.4 is 15.4 Å². The predicted molar refractivity (Wildman–Crippen MR) is 122 cm³/mol. The molecule has 2 N–H and O–H groups in total. The summed E-state index contributed by atoms with van der Waals surface area (Å²) < 4.78 is 10.7. The van der Waals surface area contributed by atoms with Crippen LogP contribution in [0.2, 0.25) is 0 Å². The number of benzene rings is 2. The molecule has 0 saturated heterocycles. The molecule has 0 aliphatic rings. The Morgan fingerprint density at radius 2 is 1.80 bits per heavy atom. The van der Waals surface area contributed by atoms with Gasteiger partial charge in [0.25, 0.3) is 0 Å². The number of anilines is 2. The van der Waals surface area contributed by atoms with Gasteiger partial charge in [0.1, 0.15) is 11.4 Å². The molecule has 0 spiro atoms. The van der Waals surface area contributed by atoms with Crippen molar-refractivity contribution in [3.63, 3.8) is 0 Å². The molecule has 1 amide bonds. The van der Waals surface area contributed by atoms with Gasteiger partial charge in [0.15, 0.2) is 0 Å². The Hall–Kier alpha value is -3.35. The molecule has 7 heteroatoms. The zero-order valence-corrected chi connectivity index (χ0v) is 18.7. The number of carbonyl (C=O) groups is 1. The van der Waals surface area contributed by atoms with Crippen LogP contribution in [0.15, 0.2) is 42.6 Å². The Bertz CT molecular complexity index is 1010. The highest BCUT2D eigenvalue weighted by molar-refractivity contribution is 6.03. The lowest BCUT2D eigenvalue weighted by molar-refractivity contribution is 0.0636. The summed E-state index contributed by atoms with van der Waals surface area (Å²) in [6.07, 6.45) is 1.17. The van der Waals surface area contributed by atoms with Gasteiger partial charge in [-0.05, 0) is 56.5 Å². The van der Waals surface area contributed by atoms with Crippen molar-refractivity contribution in [1.82, 2.24) is 9.97 Å². The van der Waals surface area contributed by atoms with Crippen molar-refractivity contribution in [3.8, 4) is 17.0 Å². The summed E-state index contributed by atoms with van der Waals surface area (Å²) in [6, 6.07) is 11.4. The van der Waals surface area contributed by atoms with Crippen molar-refractivity contribution in [2.24, 2.45) is 0 Å². The SMILES string of the molecule is CC.CNc1nccc(-c2cc(NC(=O)OC(C)(C)C)c3cc(OC)ccc3c2)n1. The van der Waals surface area contributed by atoms with Crippen LogP contribution in [0.3, 0.4) is 0 Å². The van der Waals surface area contributed by atoms with Crippen molar-refractivity contribution in [2.75, 3.05) is 24.8 Å². The Morgan fingerprint density at radius 1 is 1.07 bits per heavy atom. The van der Waals surface area contributed by atoms with E-state index in [1.54, 1.807) is 20.4 Å². The molecule has 3 rings (SSSR count). The summed E-state index contributed by atoms with van der Waals surface area (Å²) in [4.78, 5) is 21.0. The highest BCUT2D eigenvalue weighted by atomic mass is 16.6. The second-order valence-corrected chi connectivity index (χ2v) is 7.25. The summed E-state index contributed by atoms with van der Waals surface area (Å²) in [6.45, 7) is 9.47. The van der Waals surface area contributed by atoms with E-state index in [0.717, 1.165) is 22.0 Å². The zero-order chi connectivity index (χ0) is 22.3. The van der Waals surface area contributed by atoms with Gasteiger partial charge < -0.3 is 14.8 Å². The number of nitrogens with zero attached hydrogens (tertiary/aromatic N) is 2.